The van der Waals surface area contributed by atoms with Crippen LogP contribution in [-0.2, 0) is 19.1 Å². The molecule has 0 saturated heterocycles. The molecule has 0 N–H and O–H groups in total. The Morgan fingerprint density at radius 3 is 2.06 bits per heavy atom. The lowest BCUT2D eigenvalue weighted by atomic mass is 9.90. The van der Waals surface area contributed by atoms with E-state index in [1.54, 1.807) is 20.8 Å². The topological polar surface area (TPSA) is 63.7 Å². The molecule has 5 nitrogen and oxygen atoms in total. The predicted molar refractivity (Wildman–Crippen MR) is 58.7 cm³/mol. The molecule has 0 aliphatic heterocycles. The number of ether oxygens (including phenoxy) is 1. The molecular formula is C11H19NO4. The molecule has 0 aliphatic rings. The smallest absolute Gasteiger partial charge is 0.303 e. The van der Waals surface area contributed by atoms with Crippen molar-refractivity contribution in [2.24, 2.45) is 5.41 Å². The van der Waals surface area contributed by atoms with E-state index in [0.29, 0.717) is 0 Å². The molecule has 0 aromatic carbocycles. The number of carbonyl (C=O) groups is 3. The minimum Gasteiger partial charge on any atom is -0.456 e. The summed E-state index contributed by atoms with van der Waals surface area (Å²) in [5.41, 5.74) is -0.476. The SMILES string of the molecule is CC(=O)OCC(=O)N(C)CC(=O)C(C)(C)C. The zero-order valence-electron chi connectivity index (χ0n) is 10.5. The quantitative estimate of drug-likeness (QED) is 0.663. The van der Waals surface area contributed by atoms with Gasteiger partial charge in [-0.05, 0) is 0 Å². The summed E-state index contributed by atoms with van der Waals surface area (Å²) in [6.45, 7) is 6.32. The number of amides is 1. The largest absolute Gasteiger partial charge is 0.456 e. The molecule has 5 heteroatoms. The Labute approximate surface area is 95.7 Å². The van der Waals surface area contributed by atoms with Crippen molar-refractivity contribution in [3.8, 4) is 0 Å². The summed E-state index contributed by atoms with van der Waals surface area (Å²) < 4.78 is 4.55. The maximum Gasteiger partial charge on any atom is 0.303 e. The number of rotatable bonds is 4. The zero-order chi connectivity index (χ0) is 12.9. The van der Waals surface area contributed by atoms with Crippen LogP contribution in [0.4, 0.5) is 0 Å². The van der Waals surface area contributed by atoms with Gasteiger partial charge in [0.05, 0.1) is 6.54 Å². The second kappa shape index (κ2) is 5.63. The summed E-state index contributed by atoms with van der Waals surface area (Å²) in [5, 5.41) is 0. The van der Waals surface area contributed by atoms with Gasteiger partial charge in [0.15, 0.2) is 12.4 Å². The first-order valence-corrected chi connectivity index (χ1v) is 5.05. The summed E-state index contributed by atoms with van der Waals surface area (Å²) in [6.07, 6.45) is 0. The van der Waals surface area contributed by atoms with Crippen LogP contribution in [0.5, 0.6) is 0 Å². The third-order valence-corrected chi connectivity index (χ3v) is 2.04. The lowest BCUT2D eigenvalue weighted by Gasteiger charge is -2.22. The fourth-order valence-corrected chi connectivity index (χ4v) is 0.814. The van der Waals surface area contributed by atoms with Crippen molar-refractivity contribution in [2.45, 2.75) is 27.7 Å². The van der Waals surface area contributed by atoms with Gasteiger partial charge in [-0.15, -0.1) is 0 Å². The second-order valence-corrected chi connectivity index (χ2v) is 4.70. The van der Waals surface area contributed by atoms with E-state index >= 15 is 0 Å². The maximum absolute atomic E-state index is 11.6. The zero-order valence-corrected chi connectivity index (χ0v) is 10.5. The minimum absolute atomic E-state index is 0.0313. The van der Waals surface area contributed by atoms with Gasteiger partial charge in [-0.2, -0.15) is 0 Å². The van der Waals surface area contributed by atoms with Crippen LogP contribution in [0.2, 0.25) is 0 Å². The van der Waals surface area contributed by atoms with Gasteiger partial charge in [-0.3, -0.25) is 14.4 Å². The van der Waals surface area contributed by atoms with Crippen LogP contribution in [0.15, 0.2) is 0 Å². The van der Waals surface area contributed by atoms with Crippen LogP contribution in [0, 0.1) is 5.41 Å². The first-order valence-electron chi connectivity index (χ1n) is 5.05. The maximum atomic E-state index is 11.6. The summed E-state index contributed by atoms with van der Waals surface area (Å²) in [4.78, 5) is 34.8. The van der Waals surface area contributed by atoms with Gasteiger partial charge in [0.25, 0.3) is 5.91 Å². The second-order valence-electron chi connectivity index (χ2n) is 4.70. The first-order chi connectivity index (χ1) is 7.14. The molecule has 0 spiro atoms. The normalized spacial score (nSPS) is 10.8. The van der Waals surface area contributed by atoms with Crippen molar-refractivity contribution >= 4 is 17.7 Å². The molecule has 0 rings (SSSR count). The Bertz CT molecular complexity index is 291. The Morgan fingerprint density at radius 1 is 1.19 bits per heavy atom. The molecule has 0 aromatic rings. The number of carbonyl (C=O) groups excluding carboxylic acids is 3. The predicted octanol–water partition coefficient (Wildman–Crippen LogP) is 0.623. The van der Waals surface area contributed by atoms with Gasteiger partial charge in [0, 0.05) is 19.4 Å². The average molecular weight is 229 g/mol. The van der Waals surface area contributed by atoms with Gasteiger partial charge in [0.1, 0.15) is 0 Å². The standard InChI is InChI=1S/C11H19NO4/c1-8(13)16-7-10(15)12(5)6-9(14)11(2,3)4/h6-7H2,1-5H3. The fraction of sp³-hybridized carbons (Fsp3) is 0.727. The third-order valence-electron chi connectivity index (χ3n) is 2.04. The lowest BCUT2D eigenvalue weighted by Crippen LogP contribution is -2.39. The van der Waals surface area contributed by atoms with E-state index in [1.807, 2.05) is 0 Å². The van der Waals surface area contributed by atoms with Crippen molar-refractivity contribution in [2.75, 3.05) is 20.2 Å². The van der Waals surface area contributed by atoms with E-state index in [1.165, 1.54) is 18.9 Å². The molecular weight excluding hydrogens is 210 g/mol. The first kappa shape index (κ1) is 14.6. The van der Waals surface area contributed by atoms with Gasteiger partial charge in [-0.25, -0.2) is 0 Å². The number of ketones is 1. The molecule has 1 amide bonds. The number of nitrogens with zero attached hydrogens (tertiary/aromatic N) is 1. The summed E-state index contributed by atoms with van der Waals surface area (Å²) in [6, 6.07) is 0. The summed E-state index contributed by atoms with van der Waals surface area (Å²) in [7, 11) is 1.51. The number of likely N-dealkylation sites (N-methyl/N-ethyl adjacent to an activating group) is 1. The minimum atomic E-state index is -0.510. The molecule has 0 unspecified atom stereocenters. The van der Waals surface area contributed by atoms with E-state index in [4.69, 9.17) is 0 Å². The average Bonchev–Trinajstić information content (AvgIpc) is 2.12. The number of hydrogen-bond donors (Lipinski definition) is 0. The van der Waals surface area contributed by atoms with Crippen LogP contribution in [0.25, 0.3) is 0 Å². The fourth-order valence-electron chi connectivity index (χ4n) is 0.814. The highest BCUT2D eigenvalue weighted by Crippen LogP contribution is 2.14. The van der Waals surface area contributed by atoms with Crippen molar-refractivity contribution in [1.82, 2.24) is 4.90 Å². The van der Waals surface area contributed by atoms with Crippen molar-refractivity contribution in [3.05, 3.63) is 0 Å². The highest BCUT2D eigenvalue weighted by atomic mass is 16.5. The third kappa shape index (κ3) is 5.48. The van der Waals surface area contributed by atoms with Crippen LogP contribution in [0.3, 0.4) is 0 Å². The molecule has 0 saturated carbocycles. The molecule has 0 radical (unpaired) electrons. The number of esters is 1. The Morgan fingerprint density at radius 2 is 1.69 bits per heavy atom. The highest BCUT2D eigenvalue weighted by Gasteiger charge is 2.24. The Balaban J connectivity index is 4.16. The van der Waals surface area contributed by atoms with E-state index in [2.05, 4.69) is 4.74 Å². The highest BCUT2D eigenvalue weighted by molar-refractivity contribution is 5.89. The Kier molecular flexibility index (Phi) is 5.14. The molecule has 0 heterocycles. The van der Waals surface area contributed by atoms with Crippen molar-refractivity contribution in [1.29, 1.82) is 0 Å². The van der Waals surface area contributed by atoms with E-state index < -0.39 is 11.4 Å². The van der Waals surface area contributed by atoms with Gasteiger partial charge < -0.3 is 9.64 Å². The van der Waals surface area contributed by atoms with Crippen LogP contribution in [-0.4, -0.2) is 42.8 Å². The molecule has 92 valence electrons. The van der Waals surface area contributed by atoms with Crippen molar-refractivity contribution in [3.63, 3.8) is 0 Å². The van der Waals surface area contributed by atoms with Gasteiger partial charge >= 0.3 is 5.97 Å². The van der Waals surface area contributed by atoms with Crippen LogP contribution in [0.1, 0.15) is 27.7 Å². The van der Waals surface area contributed by atoms with Crippen LogP contribution < -0.4 is 0 Å². The van der Waals surface area contributed by atoms with Gasteiger partial charge in [-0.1, -0.05) is 20.8 Å². The Hall–Kier alpha value is -1.39. The summed E-state index contributed by atoms with van der Waals surface area (Å²) in [5.74, 6) is -0.928. The molecule has 16 heavy (non-hydrogen) atoms. The molecule has 0 atom stereocenters. The van der Waals surface area contributed by atoms with Crippen LogP contribution >= 0.6 is 0 Å². The lowest BCUT2D eigenvalue weighted by molar-refractivity contribution is -0.150. The number of hydrogen-bond acceptors (Lipinski definition) is 4. The van der Waals surface area contributed by atoms with E-state index in [-0.39, 0.29) is 24.8 Å². The molecule has 0 aliphatic carbocycles. The molecule has 0 aromatic heterocycles. The van der Waals surface area contributed by atoms with Gasteiger partial charge in [0.2, 0.25) is 0 Å². The number of Topliss-reactive ketones (excluding diaryl/α,β-unsaturated/α-hetero) is 1. The molecule has 0 fully saturated rings. The van der Waals surface area contributed by atoms with Crippen molar-refractivity contribution < 1.29 is 19.1 Å². The monoisotopic (exact) mass is 229 g/mol. The summed E-state index contributed by atoms with van der Waals surface area (Å²) >= 11 is 0. The molecule has 0 bridgehead atoms. The van der Waals surface area contributed by atoms with E-state index in [9.17, 15) is 14.4 Å². The van der Waals surface area contributed by atoms with E-state index in [0.717, 1.165) is 0 Å².